The summed E-state index contributed by atoms with van der Waals surface area (Å²) in [5.74, 6) is 0. The fraction of sp³-hybridized carbons (Fsp3) is 0.375. The molecule has 2 atom stereocenters. The van der Waals surface area contributed by atoms with Crippen LogP contribution in [0.2, 0.25) is 0 Å². The average Bonchev–Trinajstić information content (AvgIpc) is 2.38. The minimum atomic E-state index is -0.199. The maximum atomic E-state index is 9.33. The highest BCUT2D eigenvalue weighted by Gasteiger charge is 2.31. The molecule has 2 aromatic rings. The number of benzene rings is 2. The summed E-state index contributed by atoms with van der Waals surface area (Å²) in [5, 5.41) is 11.8. The maximum Gasteiger partial charge on any atom is 0.0440 e. The van der Waals surface area contributed by atoms with E-state index >= 15 is 0 Å². The van der Waals surface area contributed by atoms with E-state index in [2.05, 4.69) is 37.3 Å². The first kappa shape index (κ1) is 13.1. The zero-order valence-electron chi connectivity index (χ0n) is 11.1. The zero-order chi connectivity index (χ0) is 13.2. The molecule has 2 aromatic carbocycles. The van der Waals surface area contributed by atoms with Crippen LogP contribution in [0.25, 0.3) is 10.8 Å². The Morgan fingerprint density at radius 3 is 2.50 bits per heavy atom. The van der Waals surface area contributed by atoms with Gasteiger partial charge in [-0.1, -0.05) is 49.4 Å². The van der Waals surface area contributed by atoms with Crippen LogP contribution >= 0.6 is 0 Å². The molecular formula is C16H21NO. The lowest BCUT2D eigenvalue weighted by Crippen LogP contribution is -2.41. The molecular weight excluding hydrogens is 222 g/mol. The van der Waals surface area contributed by atoms with Crippen molar-refractivity contribution in [2.75, 3.05) is 6.61 Å². The Kier molecular flexibility index (Phi) is 3.69. The molecule has 96 valence electrons. The van der Waals surface area contributed by atoms with Crippen molar-refractivity contribution in [3.05, 3.63) is 48.0 Å². The Balaban J connectivity index is 2.64. The summed E-state index contributed by atoms with van der Waals surface area (Å²) in [7, 11) is 0. The molecule has 18 heavy (non-hydrogen) atoms. The summed E-state index contributed by atoms with van der Waals surface area (Å²) in [4.78, 5) is 0. The second-order valence-corrected chi connectivity index (χ2v) is 5.21. The van der Waals surface area contributed by atoms with Gasteiger partial charge in [-0.05, 0) is 29.7 Å². The second-order valence-electron chi connectivity index (χ2n) is 5.21. The van der Waals surface area contributed by atoms with Gasteiger partial charge in [0.15, 0.2) is 0 Å². The van der Waals surface area contributed by atoms with E-state index in [1.54, 1.807) is 0 Å². The smallest absolute Gasteiger partial charge is 0.0440 e. The molecule has 0 spiro atoms. The molecule has 3 N–H and O–H groups in total. The Morgan fingerprint density at radius 2 is 1.83 bits per heavy atom. The number of hydrogen-bond acceptors (Lipinski definition) is 2. The first-order chi connectivity index (χ1) is 8.59. The highest BCUT2D eigenvalue weighted by molar-refractivity contribution is 5.86. The average molecular weight is 243 g/mol. The van der Waals surface area contributed by atoms with Crippen LogP contribution in [0.15, 0.2) is 42.5 Å². The zero-order valence-corrected chi connectivity index (χ0v) is 11.1. The van der Waals surface area contributed by atoms with Gasteiger partial charge in [-0.2, -0.15) is 0 Å². The van der Waals surface area contributed by atoms with Crippen molar-refractivity contribution in [1.29, 1.82) is 0 Å². The molecule has 0 aliphatic carbocycles. The van der Waals surface area contributed by atoms with Gasteiger partial charge in [-0.15, -0.1) is 0 Å². The molecule has 2 nitrogen and oxygen atoms in total. The second kappa shape index (κ2) is 5.09. The minimum Gasteiger partial charge on any atom is -0.396 e. The summed E-state index contributed by atoms with van der Waals surface area (Å²) in [6.45, 7) is 4.30. The highest BCUT2D eigenvalue weighted by atomic mass is 16.3. The van der Waals surface area contributed by atoms with Crippen molar-refractivity contribution >= 4 is 10.8 Å². The SMILES string of the molecule is CC(N)C(C)(CCO)c1cccc2ccccc12. The van der Waals surface area contributed by atoms with Gasteiger partial charge in [0, 0.05) is 18.1 Å². The summed E-state index contributed by atoms with van der Waals surface area (Å²) >= 11 is 0. The third-order valence-electron chi connectivity index (χ3n) is 4.04. The van der Waals surface area contributed by atoms with Crippen LogP contribution in [0.4, 0.5) is 0 Å². The number of rotatable bonds is 4. The standard InChI is InChI=1S/C16H21NO/c1-12(17)16(2,10-11-18)15-9-5-7-13-6-3-4-8-14(13)15/h3-9,12,18H,10-11,17H2,1-2H3. The van der Waals surface area contributed by atoms with Gasteiger partial charge in [-0.25, -0.2) is 0 Å². The first-order valence-electron chi connectivity index (χ1n) is 6.44. The minimum absolute atomic E-state index is 0.00421. The van der Waals surface area contributed by atoms with Crippen LogP contribution in [-0.2, 0) is 5.41 Å². The number of hydrogen-bond donors (Lipinski definition) is 2. The molecule has 0 aliphatic rings. The van der Waals surface area contributed by atoms with Crippen LogP contribution in [0.1, 0.15) is 25.8 Å². The monoisotopic (exact) mass is 243 g/mol. The predicted octanol–water partition coefficient (Wildman–Crippen LogP) is 2.83. The molecule has 0 aliphatic heterocycles. The van der Waals surface area contributed by atoms with Crippen LogP contribution < -0.4 is 5.73 Å². The molecule has 0 saturated heterocycles. The Labute approximate surface area is 108 Å². The number of aliphatic hydroxyl groups excluding tert-OH is 1. The molecule has 2 heteroatoms. The molecule has 0 saturated carbocycles. The van der Waals surface area contributed by atoms with Gasteiger partial charge < -0.3 is 10.8 Å². The van der Waals surface area contributed by atoms with Gasteiger partial charge in [0.05, 0.1) is 0 Å². The van der Waals surface area contributed by atoms with Crippen LogP contribution in [0, 0.1) is 0 Å². The van der Waals surface area contributed by atoms with E-state index in [1.165, 1.54) is 16.3 Å². The van der Waals surface area contributed by atoms with E-state index < -0.39 is 0 Å². The van der Waals surface area contributed by atoms with Crippen molar-refractivity contribution in [3.63, 3.8) is 0 Å². The molecule has 0 radical (unpaired) electrons. The summed E-state index contributed by atoms with van der Waals surface area (Å²) < 4.78 is 0. The fourth-order valence-corrected chi connectivity index (χ4v) is 2.56. The van der Waals surface area contributed by atoms with Gasteiger partial charge >= 0.3 is 0 Å². The summed E-state index contributed by atoms with van der Waals surface area (Å²) in [6, 6.07) is 14.6. The molecule has 2 unspecified atom stereocenters. The van der Waals surface area contributed by atoms with Crippen LogP contribution in [0.3, 0.4) is 0 Å². The van der Waals surface area contributed by atoms with Gasteiger partial charge in [-0.3, -0.25) is 0 Å². The molecule has 0 bridgehead atoms. The summed E-state index contributed by atoms with van der Waals surface area (Å²) in [5.41, 5.74) is 7.20. The number of fused-ring (bicyclic) bond motifs is 1. The van der Waals surface area contributed by atoms with Crippen molar-refractivity contribution in [2.24, 2.45) is 5.73 Å². The van der Waals surface area contributed by atoms with E-state index in [9.17, 15) is 5.11 Å². The van der Waals surface area contributed by atoms with E-state index in [-0.39, 0.29) is 18.1 Å². The number of aliphatic hydroxyl groups is 1. The lowest BCUT2D eigenvalue weighted by molar-refractivity contribution is 0.230. The molecule has 0 fully saturated rings. The third-order valence-corrected chi connectivity index (χ3v) is 4.04. The van der Waals surface area contributed by atoms with Gasteiger partial charge in [0.1, 0.15) is 0 Å². The third kappa shape index (κ3) is 2.14. The van der Waals surface area contributed by atoms with Crippen molar-refractivity contribution in [3.8, 4) is 0 Å². The van der Waals surface area contributed by atoms with E-state index in [4.69, 9.17) is 5.73 Å². The fourth-order valence-electron chi connectivity index (χ4n) is 2.56. The molecule has 0 aromatic heterocycles. The highest BCUT2D eigenvalue weighted by Crippen LogP contribution is 2.35. The Morgan fingerprint density at radius 1 is 1.17 bits per heavy atom. The largest absolute Gasteiger partial charge is 0.396 e. The van der Waals surface area contributed by atoms with Crippen molar-refractivity contribution in [2.45, 2.75) is 31.7 Å². The van der Waals surface area contributed by atoms with Crippen molar-refractivity contribution < 1.29 is 5.11 Å². The normalized spacial score (nSPS) is 16.4. The van der Waals surface area contributed by atoms with Crippen LogP contribution in [-0.4, -0.2) is 17.8 Å². The Hall–Kier alpha value is -1.38. The van der Waals surface area contributed by atoms with E-state index in [0.717, 1.165) is 0 Å². The summed E-state index contributed by atoms with van der Waals surface area (Å²) in [6.07, 6.45) is 0.679. The lowest BCUT2D eigenvalue weighted by Gasteiger charge is -2.34. The van der Waals surface area contributed by atoms with Gasteiger partial charge in [0.25, 0.3) is 0 Å². The lowest BCUT2D eigenvalue weighted by atomic mass is 9.73. The topological polar surface area (TPSA) is 46.2 Å². The van der Waals surface area contributed by atoms with E-state index in [0.29, 0.717) is 6.42 Å². The molecule has 0 amide bonds. The predicted molar refractivity (Wildman–Crippen MR) is 76.7 cm³/mol. The van der Waals surface area contributed by atoms with Gasteiger partial charge in [0.2, 0.25) is 0 Å². The number of nitrogens with two attached hydrogens (primary N) is 1. The van der Waals surface area contributed by atoms with E-state index in [1.807, 2.05) is 19.1 Å². The quantitative estimate of drug-likeness (QED) is 0.867. The molecule has 0 heterocycles. The van der Waals surface area contributed by atoms with Crippen LogP contribution in [0.5, 0.6) is 0 Å². The molecule has 2 rings (SSSR count). The first-order valence-corrected chi connectivity index (χ1v) is 6.44. The Bertz CT molecular complexity index is 530. The maximum absolute atomic E-state index is 9.33. The van der Waals surface area contributed by atoms with Crippen molar-refractivity contribution in [1.82, 2.24) is 0 Å².